The van der Waals surface area contributed by atoms with Crippen LogP contribution in [0.1, 0.15) is 24.0 Å². The van der Waals surface area contributed by atoms with Gasteiger partial charge in [0.05, 0.1) is 22.2 Å². The minimum atomic E-state index is -3.23. The van der Waals surface area contributed by atoms with E-state index in [2.05, 4.69) is 6.07 Å². The Balaban J connectivity index is 1.71. The Labute approximate surface area is 181 Å². The zero-order valence-electron chi connectivity index (χ0n) is 17.3. The summed E-state index contributed by atoms with van der Waals surface area (Å²) < 4.78 is 26.2. The van der Waals surface area contributed by atoms with Gasteiger partial charge in [-0.15, -0.1) is 0 Å². The number of rotatable bonds is 4. The van der Waals surface area contributed by atoms with Crippen molar-refractivity contribution in [3.05, 3.63) is 53.6 Å². The summed E-state index contributed by atoms with van der Waals surface area (Å²) in [6, 6.07) is 13.9. The molecule has 0 unspecified atom stereocenters. The van der Waals surface area contributed by atoms with E-state index in [1.807, 2.05) is 50.2 Å². The molecule has 1 saturated heterocycles. The molecule has 3 aromatic rings. The smallest absolute Gasteiger partial charge is 0.236 e. The van der Waals surface area contributed by atoms with Crippen LogP contribution >= 0.6 is 11.3 Å². The Morgan fingerprint density at radius 2 is 1.73 bits per heavy atom. The largest absolute Gasteiger partial charge is 0.274 e. The first-order chi connectivity index (χ1) is 14.2. The number of nitrogens with zero attached hydrogens (tertiary/aromatic N) is 3. The van der Waals surface area contributed by atoms with Crippen LogP contribution in [0, 0.1) is 19.8 Å². The molecule has 4 rings (SSSR count). The summed E-state index contributed by atoms with van der Waals surface area (Å²) in [5, 5.41) is 0.650. The molecule has 0 spiro atoms. The fraction of sp³-hybridized carbons (Fsp3) is 0.364. The van der Waals surface area contributed by atoms with Crippen LogP contribution < -0.4 is 4.90 Å². The number of aromatic nitrogens is 1. The van der Waals surface area contributed by atoms with Crippen molar-refractivity contribution >= 4 is 48.3 Å². The maximum absolute atomic E-state index is 13.7. The van der Waals surface area contributed by atoms with E-state index in [1.54, 1.807) is 4.90 Å². The summed E-state index contributed by atoms with van der Waals surface area (Å²) in [6.07, 6.45) is 2.24. The Morgan fingerprint density at radius 1 is 1.10 bits per heavy atom. The van der Waals surface area contributed by atoms with Crippen LogP contribution in [0.15, 0.2) is 42.5 Å². The first kappa shape index (κ1) is 21.0. The van der Waals surface area contributed by atoms with Crippen LogP contribution in [0.25, 0.3) is 10.2 Å². The number of thiazole rings is 1. The van der Waals surface area contributed by atoms with Crippen LogP contribution in [0.4, 0.5) is 10.8 Å². The van der Waals surface area contributed by atoms with Gasteiger partial charge < -0.3 is 0 Å². The molecule has 0 atom stereocenters. The van der Waals surface area contributed by atoms with Gasteiger partial charge in [0.1, 0.15) is 0 Å². The second-order valence-electron chi connectivity index (χ2n) is 7.92. The molecule has 1 aliphatic heterocycles. The van der Waals surface area contributed by atoms with Crippen molar-refractivity contribution in [2.24, 2.45) is 5.92 Å². The van der Waals surface area contributed by atoms with Gasteiger partial charge in [-0.05, 0) is 62.1 Å². The highest BCUT2D eigenvalue weighted by atomic mass is 32.2. The summed E-state index contributed by atoms with van der Waals surface area (Å²) in [4.78, 5) is 20.1. The highest BCUT2D eigenvalue weighted by Crippen LogP contribution is 2.36. The zero-order chi connectivity index (χ0) is 21.5. The van der Waals surface area contributed by atoms with Gasteiger partial charge >= 0.3 is 0 Å². The van der Waals surface area contributed by atoms with E-state index in [0.717, 1.165) is 27.0 Å². The molecule has 1 fully saturated rings. The number of fused-ring (bicyclic) bond motifs is 1. The topological polar surface area (TPSA) is 70.6 Å². The fourth-order valence-corrected chi connectivity index (χ4v) is 5.85. The lowest BCUT2D eigenvalue weighted by Gasteiger charge is -2.32. The van der Waals surface area contributed by atoms with E-state index in [0.29, 0.717) is 31.1 Å². The summed E-state index contributed by atoms with van der Waals surface area (Å²) in [7, 11) is -3.23. The van der Waals surface area contributed by atoms with E-state index in [9.17, 15) is 13.2 Å². The predicted molar refractivity (Wildman–Crippen MR) is 122 cm³/mol. The van der Waals surface area contributed by atoms with Gasteiger partial charge in [0, 0.05) is 19.0 Å². The van der Waals surface area contributed by atoms with Crippen molar-refractivity contribution in [2.45, 2.75) is 26.7 Å². The molecular weight excluding hydrogens is 418 g/mol. The highest BCUT2D eigenvalue weighted by molar-refractivity contribution is 7.88. The molecule has 0 N–H and O–H groups in total. The minimum absolute atomic E-state index is 0.0211. The molecule has 2 aromatic carbocycles. The monoisotopic (exact) mass is 443 g/mol. The standard InChI is InChI=1S/C22H25N3O3S2/c1-15-12-16(2)14-18(13-15)25(22-23-19-6-4-5-7-20(19)29-22)21(26)17-8-10-24(11-9-17)30(3,27)28/h4-7,12-14,17H,8-11H2,1-3H3. The molecule has 1 aliphatic rings. The number of amides is 1. The molecule has 6 nitrogen and oxygen atoms in total. The molecule has 30 heavy (non-hydrogen) atoms. The van der Waals surface area contributed by atoms with Gasteiger partial charge in [-0.2, -0.15) is 0 Å². The number of anilines is 2. The lowest BCUT2D eigenvalue weighted by atomic mass is 9.96. The Morgan fingerprint density at radius 3 is 2.33 bits per heavy atom. The molecule has 0 aliphatic carbocycles. The number of aryl methyl sites for hydroxylation is 2. The second-order valence-corrected chi connectivity index (χ2v) is 10.9. The fourth-order valence-electron chi connectivity index (χ4n) is 3.98. The first-order valence-corrected chi connectivity index (χ1v) is 12.6. The molecule has 8 heteroatoms. The molecule has 158 valence electrons. The van der Waals surface area contributed by atoms with E-state index in [4.69, 9.17) is 4.98 Å². The van der Waals surface area contributed by atoms with Gasteiger partial charge in [-0.25, -0.2) is 17.7 Å². The van der Waals surface area contributed by atoms with Gasteiger partial charge in [0.15, 0.2) is 5.13 Å². The van der Waals surface area contributed by atoms with E-state index in [-0.39, 0.29) is 11.8 Å². The number of carbonyl (C=O) groups excluding carboxylic acids is 1. The van der Waals surface area contributed by atoms with Crippen molar-refractivity contribution < 1.29 is 13.2 Å². The maximum Gasteiger partial charge on any atom is 0.236 e. The van der Waals surface area contributed by atoms with Crippen LogP contribution in [0.3, 0.4) is 0 Å². The quantitative estimate of drug-likeness (QED) is 0.604. The van der Waals surface area contributed by atoms with Crippen molar-refractivity contribution in [3.8, 4) is 0 Å². The van der Waals surface area contributed by atoms with Gasteiger partial charge in [0.2, 0.25) is 15.9 Å². The number of hydrogen-bond donors (Lipinski definition) is 0. The summed E-state index contributed by atoms with van der Waals surface area (Å²) >= 11 is 1.50. The van der Waals surface area contributed by atoms with Gasteiger partial charge in [-0.3, -0.25) is 9.69 Å². The third-order valence-electron chi connectivity index (χ3n) is 5.43. The molecule has 2 heterocycles. The van der Waals surface area contributed by atoms with E-state index < -0.39 is 10.0 Å². The van der Waals surface area contributed by atoms with Gasteiger partial charge in [-0.1, -0.05) is 29.5 Å². The second kappa shape index (κ2) is 8.09. The number of hydrogen-bond acceptors (Lipinski definition) is 5. The first-order valence-electron chi connectivity index (χ1n) is 9.95. The van der Waals surface area contributed by atoms with Gasteiger partial charge in [0.25, 0.3) is 0 Å². The van der Waals surface area contributed by atoms with Crippen molar-refractivity contribution in [1.82, 2.24) is 9.29 Å². The van der Waals surface area contributed by atoms with Crippen LogP contribution in [0.2, 0.25) is 0 Å². The normalized spacial score (nSPS) is 16.1. The average molecular weight is 444 g/mol. The van der Waals surface area contributed by atoms with E-state index >= 15 is 0 Å². The molecule has 0 saturated carbocycles. The third-order valence-corrected chi connectivity index (χ3v) is 7.76. The van der Waals surface area contributed by atoms with Crippen LogP contribution in [-0.2, 0) is 14.8 Å². The lowest BCUT2D eigenvalue weighted by Crippen LogP contribution is -2.43. The predicted octanol–water partition coefficient (Wildman–Crippen LogP) is 4.25. The molecule has 0 bridgehead atoms. The summed E-state index contributed by atoms with van der Waals surface area (Å²) in [6.45, 7) is 4.77. The van der Waals surface area contributed by atoms with Crippen LogP contribution in [-0.4, -0.2) is 43.0 Å². The average Bonchev–Trinajstić information content (AvgIpc) is 3.10. The minimum Gasteiger partial charge on any atom is -0.274 e. The number of benzene rings is 2. The molecule has 0 radical (unpaired) electrons. The number of carbonyl (C=O) groups is 1. The molecular formula is C22H25N3O3S2. The lowest BCUT2D eigenvalue weighted by molar-refractivity contribution is -0.122. The molecule has 1 amide bonds. The Kier molecular flexibility index (Phi) is 5.65. The third kappa shape index (κ3) is 4.26. The van der Waals surface area contributed by atoms with Crippen LogP contribution in [0.5, 0.6) is 0 Å². The number of para-hydroxylation sites is 1. The van der Waals surface area contributed by atoms with Crippen molar-refractivity contribution in [1.29, 1.82) is 0 Å². The Bertz CT molecular complexity index is 1140. The SMILES string of the molecule is Cc1cc(C)cc(N(C(=O)C2CCN(S(C)(=O)=O)CC2)c2nc3ccccc3s2)c1. The highest BCUT2D eigenvalue weighted by Gasteiger charge is 2.34. The number of piperidine rings is 1. The van der Waals surface area contributed by atoms with E-state index in [1.165, 1.54) is 21.9 Å². The van der Waals surface area contributed by atoms with Crippen molar-refractivity contribution in [2.75, 3.05) is 24.2 Å². The summed E-state index contributed by atoms with van der Waals surface area (Å²) in [5.74, 6) is -0.261. The zero-order valence-corrected chi connectivity index (χ0v) is 19.0. The van der Waals surface area contributed by atoms with Crippen molar-refractivity contribution in [3.63, 3.8) is 0 Å². The maximum atomic E-state index is 13.7. The molecule has 1 aromatic heterocycles. The summed E-state index contributed by atoms with van der Waals surface area (Å²) in [5.41, 5.74) is 3.83. The number of sulfonamides is 1. The Hall–Kier alpha value is -2.29.